The fraction of sp³-hybridized carbons (Fsp3) is 0.700. The maximum atomic E-state index is 5.65. The third-order valence-corrected chi connectivity index (χ3v) is 3.91. The van der Waals surface area contributed by atoms with Gasteiger partial charge in [-0.2, -0.15) is 5.10 Å². The molecule has 0 aliphatic rings. The van der Waals surface area contributed by atoms with E-state index in [2.05, 4.69) is 29.8 Å². The van der Waals surface area contributed by atoms with Gasteiger partial charge < -0.3 is 15.2 Å². The minimum Gasteiger partial charge on any atom is -0.382 e. The maximum absolute atomic E-state index is 5.65. The molecule has 0 saturated heterocycles. The highest BCUT2D eigenvalue weighted by Crippen LogP contribution is 2.19. The van der Waals surface area contributed by atoms with Crippen molar-refractivity contribution in [2.45, 2.75) is 32.0 Å². The fourth-order valence-electron chi connectivity index (χ4n) is 1.23. The zero-order valence-corrected chi connectivity index (χ0v) is 11.4. The van der Waals surface area contributed by atoms with Crippen LogP contribution in [-0.4, -0.2) is 32.0 Å². The number of hydrogen-bond acceptors (Lipinski definition) is 4. The molecule has 1 atom stereocenters. The van der Waals surface area contributed by atoms with Gasteiger partial charge in [-0.3, -0.25) is 5.10 Å². The maximum Gasteiger partial charge on any atom is 0.200 e. The van der Waals surface area contributed by atoms with Gasteiger partial charge in [-0.15, -0.1) is 0 Å². The first kappa shape index (κ1) is 13.2. The number of hydrogen-bond donors (Lipinski definition) is 2. The predicted octanol–water partition coefficient (Wildman–Crippen LogP) is 1.99. The van der Waals surface area contributed by atoms with Gasteiger partial charge in [-0.05, 0) is 6.04 Å². The molecule has 16 heavy (non-hydrogen) atoms. The molecule has 0 aliphatic heterocycles. The molecule has 0 radical (unpaired) electrons. The molecule has 0 saturated carbocycles. The van der Waals surface area contributed by atoms with Crippen molar-refractivity contribution < 1.29 is 9.47 Å². The molecule has 0 fully saturated rings. The molecule has 1 rings (SSSR count). The molecular formula is C10H21N3O2Si. The summed E-state index contributed by atoms with van der Waals surface area (Å²) in [4.78, 5) is 0. The fourth-order valence-corrected chi connectivity index (χ4v) is 1.96. The summed E-state index contributed by atoms with van der Waals surface area (Å²) >= 11 is 0. The van der Waals surface area contributed by atoms with E-state index in [0.717, 1.165) is 11.7 Å². The molecule has 1 unspecified atom stereocenters. The van der Waals surface area contributed by atoms with Gasteiger partial charge >= 0.3 is 0 Å². The number of anilines is 1. The minimum absolute atomic E-state index is 0.402. The third-order valence-electron chi connectivity index (χ3n) is 2.21. The number of rotatable bonds is 6. The van der Waals surface area contributed by atoms with Crippen LogP contribution >= 0.6 is 0 Å². The first-order chi connectivity index (χ1) is 7.42. The molecule has 0 bridgehead atoms. The second-order valence-corrected chi connectivity index (χ2v) is 10.6. The Kier molecular flexibility index (Phi) is 4.52. The smallest absolute Gasteiger partial charge is 0.200 e. The largest absolute Gasteiger partial charge is 0.382 e. The van der Waals surface area contributed by atoms with Gasteiger partial charge in [0.1, 0.15) is 5.82 Å². The summed E-state index contributed by atoms with van der Waals surface area (Å²) in [5.74, 6) is 0.450. The number of nitrogens with one attached hydrogen (secondary N) is 1. The summed E-state index contributed by atoms with van der Waals surface area (Å²) in [5.41, 5.74) is 6.28. The molecular weight excluding hydrogens is 222 g/mol. The average Bonchev–Trinajstić information content (AvgIpc) is 2.58. The highest BCUT2D eigenvalue weighted by Gasteiger charge is 2.17. The van der Waals surface area contributed by atoms with Gasteiger partial charge in [0.25, 0.3) is 0 Å². The molecule has 92 valence electrons. The van der Waals surface area contributed by atoms with Crippen molar-refractivity contribution in [2.75, 3.05) is 19.5 Å². The van der Waals surface area contributed by atoms with E-state index in [1.54, 1.807) is 13.2 Å². The average molecular weight is 243 g/mol. The highest BCUT2D eigenvalue weighted by molar-refractivity contribution is 6.76. The first-order valence-corrected chi connectivity index (χ1v) is 9.08. The van der Waals surface area contributed by atoms with Crippen LogP contribution in [0, 0.1) is 0 Å². The van der Waals surface area contributed by atoms with Crippen molar-refractivity contribution in [1.29, 1.82) is 0 Å². The van der Waals surface area contributed by atoms with Crippen LogP contribution in [0.5, 0.6) is 0 Å². The van der Waals surface area contributed by atoms with Gasteiger partial charge in [0.05, 0.1) is 5.69 Å². The van der Waals surface area contributed by atoms with Crippen LogP contribution < -0.4 is 5.73 Å². The monoisotopic (exact) mass is 243 g/mol. The van der Waals surface area contributed by atoms with Gasteiger partial charge in [0.15, 0.2) is 6.29 Å². The van der Waals surface area contributed by atoms with Crippen LogP contribution in [0.4, 0.5) is 5.82 Å². The van der Waals surface area contributed by atoms with Crippen LogP contribution in [0.25, 0.3) is 0 Å². The van der Waals surface area contributed by atoms with E-state index in [0.29, 0.717) is 12.4 Å². The summed E-state index contributed by atoms with van der Waals surface area (Å²) in [6.45, 7) is 7.64. The highest BCUT2D eigenvalue weighted by atomic mass is 28.3. The molecule has 0 amide bonds. The Balaban J connectivity index is 2.44. The van der Waals surface area contributed by atoms with E-state index in [4.69, 9.17) is 15.2 Å². The minimum atomic E-state index is -1.06. The second kappa shape index (κ2) is 5.47. The molecule has 5 nitrogen and oxygen atoms in total. The van der Waals surface area contributed by atoms with Crippen molar-refractivity contribution in [1.82, 2.24) is 10.2 Å². The van der Waals surface area contributed by atoms with E-state index < -0.39 is 14.4 Å². The Labute approximate surface area is 97.3 Å². The Morgan fingerprint density at radius 1 is 1.50 bits per heavy atom. The number of ether oxygens (including phenoxy) is 2. The summed E-state index contributed by atoms with van der Waals surface area (Å²) in [6, 6.07) is 2.83. The normalized spacial score (nSPS) is 14.0. The Hall–Kier alpha value is -0.853. The lowest BCUT2D eigenvalue weighted by Crippen LogP contribution is -2.22. The molecule has 1 aromatic rings. The molecule has 6 heteroatoms. The number of nitrogens with two attached hydrogens (primary N) is 1. The van der Waals surface area contributed by atoms with Crippen LogP contribution in [0.1, 0.15) is 12.0 Å². The number of H-pyrrole nitrogens is 1. The number of methoxy groups -OCH3 is 1. The van der Waals surface area contributed by atoms with Crippen molar-refractivity contribution in [3.8, 4) is 0 Å². The van der Waals surface area contributed by atoms with Crippen molar-refractivity contribution in [3.05, 3.63) is 11.8 Å². The topological polar surface area (TPSA) is 73.2 Å². The lowest BCUT2D eigenvalue weighted by molar-refractivity contribution is -0.126. The second-order valence-electron chi connectivity index (χ2n) is 5.00. The van der Waals surface area contributed by atoms with Crippen LogP contribution in [0.3, 0.4) is 0 Å². The number of aromatic nitrogens is 2. The van der Waals surface area contributed by atoms with E-state index in [1.807, 2.05) is 0 Å². The summed E-state index contributed by atoms with van der Waals surface area (Å²) in [6.07, 6.45) is -0.402. The van der Waals surface area contributed by atoms with E-state index in [-0.39, 0.29) is 0 Å². The Morgan fingerprint density at radius 2 is 2.19 bits per heavy atom. The molecule has 0 aromatic carbocycles. The molecule has 0 spiro atoms. The van der Waals surface area contributed by atoms with Crippen LogP contribution in [-0.2, 0) is 9.47 Å². The third kappa shape index (κ3) is 4.34. The van der Waals surface area contributed by atoms with Gasteiger partial charge in [0.2, 0.25) is 0 Å². The SMILES string of the molecule is COC(OCC[Si](C)(C)C)c1cc(N)n[nH]1. The lowest BCUT2D eigenvalue weighted by atomic mass is 10.4. The van der Waals surface area contributed by atoms with Crippen LogP contribution in [0.15, 0.2) is 6.07 Å². The van der Waals surface area contributed by atoms with E-state index in [9.17, 15) is 0 Å². The van der Waals surface area contributed by atoms with Crippen molar-refractivity contribution in [3.63, 3.8) is 0 Å². The van der Waals surface area contributed by atoms with Crippen molar-refractivity contribution in [2.24, 2.45) is 0 Å². The predicted molar refractivity (Wildman–Crippen MR) is 66.9 cm³/mol. The lowest BCUT2D eigenvalue weighted by Gasteiger charge is -2.19. The standard InChI is InChI=1S/C10H21N3O2Si/c1-14-10(8-7-9(11)13-12-8)15-5-6-16(2,3)4/h7,10H,5-6H2,1-4H3,(H3,11,12,13). The van der Waals surface area contributed by atoms with Gasteiger partial charge in [0, 0.05) is 27.9 Å². The van der Waals surface area contributed by atoms with Gasteiger partial charge in [-0.25, -0.2) is 0 Å². The number of nitrogen functional groups attached to an aromatic ring is 1. The molecule has 1 heterocycles. The molecule has 3 N–H and O–H groups in total. The van der Waals surface area contributed by atoms with Crippen molar-refractivity contribution >= 4 is 13.9 Å². The Bertz CT molecular complexity index is 322. The zero-order valence-electron chi connectivity index (χ0n) is 10.4. The first-order valence-electron chi connectivity index (χ1n) is 5.37. The van der Waals surface area contributed by atoms with Crippen LogP contribution in [0.2, 0.25) is 25.7 Å². The van der Waals surface area contributed by atoms with E-state index in [1.165, 1.54) is 0 Å². The van der Waals surface area contributed by atoms with E-state index >= 15 is 0 Å². The number of aromatic amines is 1. The summed E-state index contributed by atoms with van der Waals surface area (Å²) < 4.78 is 10.9. The summed E-state index contributed by atoms with van der Waals surface area (Å²) in [7, 11) is 0.544. The molecule has 1 aromatic heterocycles. The summed E-state index contributed by atoms with van der Waals surface area (Å²) in [5, 5.41) is 6.63. The van der Waals surface area contributed by atoms with Gasteiger partial charge in [-0.1, -0.05) is 19.6 Å². The number of nitrogens with zero attached hydrogens (tertiary/aromatic N) is 1. The quantitative estimate of drug-likeness (QED) is 0.592. The zero-order chi connectivity index (χ0) is 12.2. The molecule has 0 aliphatic carbocycles. The Morgan fingerprint density at radius 3 is 2.62 bits per heavy atom.